The van der Waals surface area contributed by atoms with E-state index in [1.807, 2.05) is 82.6 Å². The van der Waals surface area contributed by atoms with Crippen LogP contribution in [0.4, 0.5) is 17.1 Å². The van der Waals surface area contributed by atoms with Gasteiger partial charge in [-0.05, 0) is 35.5 Å². The van der Waals surface area contributed by atoms with Crippen molar-refractivity contribution in [3.63, 3.8) is 0 Å². The highest BCUT2D eigenvalue weighted by Crippen LogP contribution is 2.33. The van der Waals surface area contributed by atoms with Crippen LogP contribution in [0, 0.1) is 10.1 Å². The van der Waals surface area contributed by atoms with Gasteiger partial charge in [-0.1, -0.05) is 60.7 Å². The smallest absolute Gasteiger partial charge is 0.292 e. The number of anilines is 2. The third-order valence-corrected chi connectivity index (χ3v) is 7.56. The Morgan fingerprint density at radius 1 is 0.846 bits per heavy atom. The molecule has 1 amide bonds. The van der Waals surface area contributed by atoms with Crippen LogP contribution in [0.15, 0.2) is 78.9 Å². The third-order valence-electron chi connectivity index (χ3n) is 7.20. The highest BCUT2D eigenvalue weighted by Gasteiger charge is 2.28. The van der Waals surface area contributed by atoms with Crippen molar-refractivity contribution in [1.82, 2.24) is 10.2 Å². The van der Waals surface area contributed by atoms with Crippen molar-refractivity contribution in [2.45, 2.75) is 5.92 Å². The van der Waals surface area contributed by atoms with Gasteiger partial charge in [0.1, 0.15) is 5.69 Å². The molecule has 0 aliphatic carbocycles. The minimum atomic E-state index is -0.467. The predicted molar refractivity (Wildman–Crippen MR) is 155 cm³/mol. The summed E-state index contributed by atoms with van der Waals surface area (Å²) in [5, 5.41) is 15.1. The van der Waals surface area contributed by atoms with Crippen LogP contribution >= 0.6 is 12.2 Å². The van der Waals surface area contributed by atoms with Gasteiger partial charge in [0.25, 0.3) is 5.69 Å². The summed E-state index contributed by atoms with van der Waals surface area (Å²) in [6, 6.07) is 24.7. The molecule has 0 aromatic heterocycles. The summed E-state index contributed by atoms with van der Waals surface area (Å²) in [5.41, 5.74) is 3.48. The number of nitrogens with zero attached hydrogens (tertiary/aromatic N) is 4. The monoisotopic (exact) mass is 545 g/mol. The molecule has 0 bridgehead atoms. The zero-order valence-electron chi connectivity index (χ0n) is 21.6. The second-order valence-corrected chi connectivity index (χ2v) is 9.94. The van der Waals surface area contributed by atoms with Gasteiger partial charge in [-0.25, -0.2) is 0 Å². The van der Waals surface area contributed by atoms with Crippen molar-refractivity contribution in [3.05, 3.63) is 100 Å². The maximum Gasteiger partial charge on any atom is 0.292 e. The molecule has 10 heteroatoms. The van der Waals surface area contributed by atoms with Crippen molar-refractivity contribution in [2.75, 3.05) is 62.3 Å². The molecular weight excluding hydrogens is 514 g/mol. The summed E-state index contributed by atoms with van der Waals surface area (Å²) >= 11 is 5.66. The van der Waals surface area contributed by atoms with Crippen LogP contribution in [0.5, 0.6) is 0 Å². The first-order chi connectivity index (χ1) is 19.0. The van der Waals surface area contributed by atoms with E-state index in [0.29, 0.717) is 63.3 Å². The highest BCUT2D eigenvalue weighted by atomic mass is 32.1. The Kier molecular flexibility index (Phi) is 8.33. The first-order valence-corrected chi connectivity index (χ1v) is 13.5. The van der Waals surface area contributed by atoms with E-state index < -0.39 is 5.92 Å². The fraction of sp³-hybridized carbons (Fsp3) is 0.310. The molecule has 2 fully saturated rings. The van der Waals surface area contributed by atoms with E-state index >= 15 is 0 Å². The zero-order chi connectivity index (χ0) is 27.2. The molecule has 9 nitrogen and oxygen atoms in total. The molecule has 39 heavy (non-hydrogen) atoms. The maximum atomic E-state index is 13.5. The SMILES string of the molecule is O=C(NC(=S)N1CCN(c2ccc([N+](=O)[O-])c(N3CCOCC3)c2)CC1)C(c1ccccc1)c1ccccc1. The van der Waals surface area contributed by atoms with Gasteiger partial charge in [0.05, 0.1) is 24.1 Å². The number of carbonyl (C=O) groups excluding carboxylic acids is 1. The lowest BCUT2D eigenvalue weighted by Gasteiger charge is -2.38. The average Bonchev–Trinajstić information content (AvgIpc) is 2.98. The summed E-state index contributed by atoms with van der Waals surface area (Å²) in [6.07, 6.45) is 0. The number of morpholine rings is 1. The summed E-state index contributed by atoms with van der Waals surface area (Å²) in [7, 11) is 0. The van der Waals surface area contributed by atoms with E-state index in [1.165, 1.54) is 0 Å². The lowest BCUT2D eigenvalue weighted by molar-refractivity contribution is -0.384. The number of amides is 1. The van der Waals surface area contributed by atoms with E-state index in [1.54, 1.807) is 6.07 Å². The van der Waals surface area contributed by atoms with Crippen LogP contribution < -0.4 is 15.1 Å². The Bertz CT molecular complexity index is 1270. The Morgan fingerprint density at radius 3 is 2.00 bits per heavy atom. The molecule has 0 radical (unpaired) electrons. The van der Waals surface area contributed by atoms with Crippen molar-refractivity contribution in [2.24, 2.45) is 0 Å². The van der Waals surface area contributed by atoms with Gasteiger partial charge < -0.3 is 24.8 Å². The average molecular weight is 546 g/mol. The fourth-order valence-electron chi connectivity index (χ4n) is 5.13. The second-order valence-electron chi connectivity index (χ2n) is 9.55. The third kappa shape index (κ3) is 6.18. The molecule has 0 unspecified atom stereocenters. The van der Waals surface area contributed by atoms with E-state index in [2.05, 4.69) is 10.2 Å². The van der Waals surface area contributed by atoms with Gasteiger partial charge in [0, 0.05) is 51.0 Å². The quantitative estimate of drug-likeness (QED) is 0.284. The Labute approximate surface area is 233 Å². The molecule has 0 atom stereocenters. The molecule has 1 N–H and O–H groups in total. The number of hydrogen-bond acceptors (Lipinski definition) is 7. The molecule has 3 aromatic carbocycles. The molecule has 2 aliphatic heterocycles. The normalized spacial score (nSPS) is 15.8. The molecular formula is C29H31N5O4S. The zero-order valence-corrected chi connectivity index (χ0v) is 22.4. The van der Waals surface area contributed by atoms with Crippen molar-refractivity contribution < 1.29 is 14.5 Å². The number of hydrogen-bond donors (Lipinski definition) is 1. The van der Waals surface area contributed by atoms with Gasteiger partial charge in [0.15, 0.2) is 5.11 Å². The number of nitro benzene ring substituents is 1. The molecule has 202 valence electrons. The maximum absolute atomic E-state index is 13.5. The first-order valence-electron chi connectivity index (χ1n) is 13.1. The number of carbonyl (C=O) groups is 1. The molecule has 0 spiro atoms. The number of nitrogens with one attached hydrogen (secondary N) is 1. The fourth-order valence-corrected chi connectivity index (χ4v) is 5.41. The number of rotatable bonds is 6. The molecule has 2 aliphatic rings. The van der Waals surface area contributed by atoms with Gasteiger partial charge in [-0.15, -0.1) is 0 Å². The van der Waals surface area contributed by atoms with Crippen LogP contribution in [0.2, 0.25) is 0 Å². The van der Waals surface area contributed by atoms with Gasteiger partial charge in [-0.2, -0.15) is 0 Å². The van der Waals surface area contributed by atoms with Crippen LogP contribution in [-0.4, -0.2) is 73.3 Å². The number of benzene rings is 3. The Morgan fingerprint density at radius 2 is 1.44 bits per heavy atom. The number of ether oxygens (including phenoxy) is 1. The van der Waals surface area contributed by atoms with Crippen LogP contribution in [0.1, 0.15) is 17.0 Å². The minimum absolute atomic E-state index is 0.106. The standard InChI is InChI=1S/C29H31N5O4S/c35-28(27(22-7-3-1-4-8-22)23-9-5-2-6-10-23)30-29(39)33-15-13-31(14-16-33)24-11-12-25(34(36)37)26(21-24)32-17-19-38-20-18-32/h1-12,21,27H,13-20H2,(H,30,35,39). The van der Waals surface area contributed by atoms with Crippen molar-refractivity contribution in [1.29, 1.82) is 0 Å². The van der Waals surface area contributed by atoms with E-state index in [4.69, 9.17) is 17.0 Å². The molecule has 2 heterocycles. The summed E-state index contributed by atoms with van der Waals surface area (Å²) in [4.78, 5) is 31.0. The van der Waals surface area contributed by atoms with Crippen LogP contribution in [0.3, 0.4) is 0 Å². The largest absolute Gasteiger partial charge is 0.378 e. The van der Waals surface area contributed by atoms with Crippen LogP contribution in [-0.2, 0) is 9.53 Å². The molecule has 0 saturated carbocycles. The first kappa shape index (κ1) is 26.6. The topological polar surface area (TPSA) is 91.2 Å². The summed E-state index contributed by atoms with van der Waals surface area (Å²) in [6.45, 7) is 4.97. The lowest BCUT2D eigenvalue weighted by atomic mass is 9.90. The Hall–Kier alpha value is -4.02. The predicted octanol–water partition coefficient (Wildman–Crippen LogP) is 3.79. The lowest BCUT2D eigenvalue weighted by Crippen LogP contribution is -2.53. The number of thiocarbonyl (C=S) groups is 1. The number of piperazine rings is 1. The Balaban J connectivity index is 1.24. The van der Waals surface area contributed by atoms with Crippen LogP contribution in [0.25, 0.3) is 0 Å². The number of nitro groups is 1. The van der Waals surface area contributed by atoms with Gasteiger partial charge in [0.2, 0.25) is 5.91 Å². The van der Waals surface area contributed by atoms with E-state index in [0.717, 1.165) is 16.8 Å². The molecule has 5 rings (SSSR count). The van der Waals surface area contributed by atoms with Crippen molar-refractivity contribution in [3.8, 4) is 0 Å². The highest BCUT2D eigenvalue weighted by molar-refractivity contribution is 7.80. The van der Waals surface area contributed by atoms with Gasteiger partial charge >= 0.3 is 0 Å². The van der Waals surface area contributed by atoms with E-state index in [-0.39, 0.29) is 16.5 Å². The van der Waals surface area contributed by atoms with E-state index in [9.17, 15) is 14.9 Å². The summed E-state index contributed by atoms with van der Waals surface area (Å²) < 4.78 is 5.43. The second kappa shape index (κ2) is 12.2. The summed E-state index contributed by atoms with van der Waals surface area (Å²) in [5.74, 6) is -0.629. The minimum Gasteiger partial charge on any atom is -0.378 e. The molecule has 3 aromatic rings. The van der Waals surface area contributed by atoms with Gasteiger partial charge in [-0.3, -0.25) is 14.9 Å². The van der Waals surface area contributed by atoms with Crippen molar-refractivity contribution >= 4 is 40.3 Å². The molecule has 2 saturated heterocycles.